The Bertz CT molecular complexity index is 952. The van der Waals surface area contributed by atoms with Crippen LogP contribution in [0.2, 0.25) is 0 Å². The number of hydrogen-bond donors (Lipinski definition) is 1. The van der Waals surface area contributed by atoms with E-state index >= 15 is 0 Å². The van der Waals surface area contributed by atoms with Crippen LogP contribution in [0.15, 0.2) is 42.5 Å². The van der Waals surface area contributed by atoms with Crippen LogP contribution in [0.25, 0.3) is 0 Å². The number of halogens is 2. The Balaban J connectivity index is 1.41. The van der Waals surface area contributed by atoms with Crippen molar-refractivity contribution in [2.45, 2.75) is 75.9 Å². The second-order valence-electron chi connectivity index (χ2n) is 8.90. The number of ether oxygens (including phenoxy) is 2. The minimum Gasteiger partial charge on any atom is -0.437 e. The van der Waals surface area contributed by atoms with Crippen molar-refractivity contribution in [3.05, 3.63) is 52.9 Å². The van der Waals surface area contributed by atoms with Gasteiger partial charge in [-0.3, -0.25) is 4.79 Å². The van der Waals surface area contributed by atoms with Crippen LogP contribution in [0.1, 0.15) is 55.4 Å². The maximum atomic E-state index is 14.2. The predicted octanol–water partition coefficient (Wildman–Crippen LogP) is 5.62. The highest BCUT2D eigenvalue weighted by Crippen LogP contribution is 2.36. The predicted molar refractivity (Wildman–Crippen MR) is 130 cm³/mol. The lowest BCUT2D eigenvalue weighted by molar-refractivity contribution is -0.148. The van der Waals surface area contributed by atoms with Crippen molar-refractivity contribution in [3.63, 3.8) is 0 Å². The number of thiophene rings is 1. The molecule has 9 heteroatoms. The van der Waals surface area contributed by atoms with Gasteiger partial charge in [0, 0.05) is 23.9 Å². The van der Waals surface area contributed by atoms with Gasteiger partial charge in [0.1, 0.15) is 0 Å². The van der Waals surface area contributed by atoms with E-state index in [-0.39, 0.29) is 6.54 Å². The third-order valence-electron chi connectivity index (χ3n) is 6.25. The molecule has 1 saturated heterocycles. The fraction of sp³-hybridized carbons (Fsp3) is 0.538. The lowest BCUT2D eigenvalue weighted by Gasteiger charge is -2.25. The fourth-order valence-corrected chi connectivity index (χ4v) is 5.28. The summed E-state index contributed by atoms with van der Waals surface area (Å²) in [7, 11) is 1.22. The topological polar surface area (TPSA) is 76.1 Å². The molecule has 1 aromatic heterocycles. The molecular weight excluding hydrogens is 476 g/mol. The van der Waals surface area contributed by atoms with Crippen molar-refractivity contribution in [1.82, 2.24) is 4.90 Å². The molecule has 1 aliphatic heterocycles. The molecule has 1 N–H and O–H groups in total. The summed E-state index contributed by atoms with van der Waals surface area (Å²) >= 11 is 1.27. The summed E-state index contributed by atoms with van der Waals surface area (Å²) in [5.74, 6) is -4.48. The highest BCUT2D eigenvalue weighted by atomic mass is 32.1. The van der Waals surface area contributed by atoms with Crippen molar-refractivity contribution in [1.29, 1.82) is 0 Å². The number of nitrogens with zero attached hydrogens (tertiary/aromatic N) is 1. The first kappa shape index (κ1) is 27.1. The Kier molecular flexibility index (Phi) is 10.0. The summed E-state index contributed by atoms with van der Waals surface area (Å²) in [6.45, 7) is 0.220. The molecule has 2 aromatic rings. The van der Waals surface area contributed by atoms with Crippen molar-refractivity contribution in [2.75, 3.05) is 13.7 Å². The second kappa shape index (κ2) is 13.0. The molecule has 0 spiro atoms. The van der Waals surface area contributed by atoms with Gasteiger partial charge in [-0.05, 0) is 62.6 Å². The van der Waals surface area contributed by atoms with E-state index in [0.717, 1.165) is 24.1 Å². The van der Waals surface area contributed by atoms with E-state index < -0.39 is 36.6 Å². The standard InChI is InChI=1S/C26H33F2NO5S/c1-33-25(32)34-23-16-15-22(35-23)12-7-17-29-20(18-26(27,28)24(29)31)13-14-21(30)11-6-5-10-19-8-3-2-4-9-19/h2-4,8-9,15-16,20-21,30H,5-7,10-14,17-18H2,1H3/t20-,21-/m0/s1. The van der Waals surface area contributed by atoms with E-state index in [9.17, 15) is 23.5 Å². The average molecular weight is 510 g/mol. The van der Waals surface area contributed by atoms with Crippen LogP contribution in [0.3, 0.4) is 0 Å². The van der Waals surface area contributed by atoms with Gasteiger partial charge in [-0.15, -0.1) is 11.3 Å². The van der Waals surface area contributed by atoms with Crippen molar-refractivity contribution >= 4 is 23.4 Å². The average Bonchev–Trinajstić information content (AvgIpc) is 3.37. The molecule has 2 heterocycles. The monoisotopic (exact) mass is 509 g/mol. The zero-order valence-corrected chi connectivity index (χ0v) is 20.8. The van der Waals surface area contributed by atoms with E-state index in [0.29, 0.717) is 37.2 Å². The number of carbonyl (C=O) groups excluding carboxylic acids is 2. The molecule has 1 aliphatic rings. The van der Waals surface area contributed by atoms with Gasteiger partial charge < -0.3 is 19.5 Å². The highest BCUT2D eigenvalue weighted by molar-refractivity contribution is 7.13. The second-order valence-corrected chi connectivity index (χ2v) is 10.0. The van der Waals surface area contributed by atoms with Crippen LogP contribution in [0.5, 0.6) is 5.06 Å². The number of aliphatic hydroxyl groups excluding tert-OH is 1. The maximum absolute atomic E-state index is 14.2. The quantitative estimate of drug-likeness (QED) is 0.280. The van der Waals surface area contributed by atoms with Crippen LogP contribution < -0.4 is 4.74 Å². The lowest BCUT2D eigenvalue weighted by atomic mass is 10.00. The molecule has 0 aliphatic carbocycles. The van der Waals surface area contributed by atoms with E-state index in [4.69, 9.17) is 4.74 Å². The fourth-order valence-electron chi connectivity index (χ4n) is 4.39. The normalized spacial score (nSPS) is 18.0. The van der Waals surface area contributed by atoms with Gasteiger partial charge in [0.15, 0.2) is 5.06 Å². The molecule has 0 saturated carbocycles. The molecule has 0 bridgehead atoms. The molecular formula is C26H33F2NO5S. The minimum atomic E-state index is -3.35. The van der Waals surface area contributed by atoms with Gasteiger partial charge >= 0.3 is 12.1 Å². The van der Waals surface area contributed by atoms with Crippen LogP contribution >= 0.6 is 11.3 Å². The zero-order chi connectivity index (χ0) is 25.3. The van der Waals surface area contributed by atoms with Crippen LogP contribution in [-0.4, -0.2) is 53.8 Å². The number of carbonyl (C=O) groups is 2. The Labute approximate surface area is 208 Å². The van der Waals surface area contributed by atoms with Crippen molar-refractivity contribution in [2.24, 2.45) is 0 Å². The number of likely N-dealkylation sites (tertiary alicyclic amines) is 1. The first-order valence-corrected chi connectivity index (χ1v) is 12.9. The van der Waals surface area contributed by atoms with E-state index in [1.807, 2.05) is 18.2 Å². The zero-order valence-electron chi connectivity index (χ0n) is 20.0. The Morgan fingerprint density at radius 3 is 2.66 bits per heavy atom. The molecule has 2 atom stereocenters. The first-order chi connectivity index (χ1) is 16.8. The SMILES string of the molecule is COC(=O)Oc1ccc(CCCN2C(=O)C(F)(F)C[C@@H]2CC[C@@H](O)CCCCc2ccccc2)s1. The van der Waals surface area contributed by atoms with E-state index in [2.05, 4.69) is 16.9 Å². The summed E-state index contributed by atoms with van der Waals surface area (Å²) in [5.41, 5.74) is 1.26. The van der Waals surface area contributed by atoms with Crippen molar-refractivity contribution in [3.8, 4) is 5.06 Å². The molecule has 3 rings (SSSR count). The van der Waals surface area contributed by atoms with Gasteiger partial charge in [-0.25, -0.2) is 4.79 Å². The molecule has 1 fully saturated rings. The number of unbranched alkanes of at least 4 members (excludes halogenated alkanes) is 1. The van der Waals surface area contributed by atoms with Gasteiger partial charge in [0.25, 0.3) is 5.91 Å². The largest absolute Gasteiger partial charge is 0.514 e. The third-order valence-corrected chi connectivity index (χ3v) is 7.27. The molecule has 1 amide bonds. The summed E-state index contributed by atoms with van der Waals surface area (Å²) < 4.78 is 37.8. The number of aryl methyl sites for hydroxylation is 2. The van der Waals surface area contributed by atoms with E-state index in [1.165, 1.54) is 28.9 Å². The smallest absolute Gasteiger partial charge is 0.437 e. The van der Waals surface area contributed by atoms with Gasteiger partial charge in [-0.2, -0.15) is 8.78 Å². The van der Waals surface area contributed by atoms with Crippen molar-refractivity contribution < 1.29 is 33.0 Å². The first-order valence-electron chi connectivity index (χ1n) is 12.0. The minimum absolute atomic E-state index is 0.220. The summed E-state index contributed by atoms with van der Waals surface area (Å²) in [5, 5.41) is 10.8. The lowest BCUT2D eigenvalue weighted by Crippen LogP contribution is -2.37. The highest BCUT2D eigenvalue weighted by Gasteiger charge is 2.52. The summed E-state index contributed by atoms with van der Waals surface area (Å²) in [4.78, 5) is 25.7. The molecule has 0 radical (unpaired) electrons. The van der Waals surface area contributed by atoms with Crippen LogP contribution in [0, 0.1) is 0 Å². The number of alkyl halides is 2. The summed E-state index contributed by atoms with van der Waals surface area (Å²) in [6, 6.07) is 13.0. The number of methoxy groups -OCH3 is 1. The summed E-state index contributed by atoms with van der Waals surface area (Å²) in [6.07, 6.45) is 3.38. The number of aliphatic hydroxyl groups is 1. The molecule has 1 aromatic carbocycles. The Morgan fingerprint density at radius 2 is 1.91 bits per heavy atom. The Morgan fingerprint density at radius 1 is 1.14 bits per heavy atom. The third kappa shape index (κ3) is 8.28. The number of rotatable bonds is 13. The molecule has 192 valence electrons. The molecule has 6 nitrogen and oxygen atoms in total. The van der Waals surface area contributed by atoms with Crippen LogP contribution in [-0.2, 0) is 22.4 Å². The van der Waals surface area contributed by atoms with E-state index in [1.54, 1.807) is 12.1 Å². The maximum Gasteiger partial charge on any atom is 0.514 e. The van der Waals surface area contributed by atoms with Gasteiger partial charge in [0.2, 0.25) is 0 Å². The van der Waals surface area contributed by atoms with Gasteiger partial charge in [-0.1, -0.05) is 36.8 Å². The number of benzene rings is 1. The van der Waals surface area contributed by atoms with Crippen LogP contribution in [0.4, 0.5) is 13.6 Å². The van der Waals surface area contributed by atoms with Gasteiger partial charge in [0.05, 0.1) is 13.2 Å². The number of amides is 1. The molecule has 0 unspecified atom stereocenters. The number of hydrogen-bond acceptors (Lipinski definition) is 6. The molecule has 35 heavy (non-hydrogen) atoms. The Hall–Kier alpha value is -2.52.